The SMILES string of the molecule is COc1ccccc1N1CCN(c2ncnc3c2n(C)n3-c2ccccc2)CC1. The van der Waals surface area contributed by atoms with Crippen molar-refractivity contribution in [3.63, 3.8) is 0 Å². The van der Waals surface area contributed by atoms with Crippen LogP contribution in [0.25, 0.3) is 16.9 Å². The number of aryl methyl sites for hydroxylation is 1. The van der Waals surface area contributed by atoms with Crippen molar-refractivity contribution in [3.8, 4) is 11.4 Å². The Hall–Kier alpha value is -3.48. The maximum atomic E-state index is 5.53. The number of anilines is 2. The van der Waals surface area contributed by atoms with Gasteiger partial charge in [0.05, 0.1) is 18.5 Å². The summed E-state index contributed by atoms with van der Waals surface area (Å²) in [5.74, 6) is 1.93. The number of methoxy groups -OCH3 is 1. The number of rotatable bonds is 4. The third-order valence-corrected chi connectivity index (χ3v) is 5.61. The van der Waals surface area contributed by atoms with Gasteiger partial charge in [0.2, 0.25) is 0 Å². The highest BCUT2D eigenvalue weighted by Crippen LogP contribution is 2.32. The molecular formula is C22H24N6O. The van der Waals surface area contributed by atoms with E-state index >= 15 is 0 Å². The first-order valence-electron chi connectivity index (χ1n) is 9.84. The zero-order chi connectivity index (χ0) is 19.8. The van der Waals surface area contributed by atoms with Crippen LogP contribution in [0.15, 0.2) is 60.9 Å². The summed E-state index contributed by atoms with van der Waals surface area (Å²) in [6.07, 6.45) is 1.67. The van der Waals surface area contributed by atoms with Crippen molar-refractivity contribution < 1.29 is 4.74 Å². The Labute approximate surface area is 169 Å². The summed E-state index contributed by atoms with van der Waals surface area (Å²) in [5.41, 5.74) is 4.30. The van der Waals surface area contributed by atoms with Gasteiger partial charge in [-0.3, -0.25) is 4.68 Å². The summed E-state index contributed by atoms with van der Waals surface area (Å²) < 4.78 is 9.78. The summed E-state index contributed by atoms with van der Waals surface area (Å²) in [4.78, 5) is 13.9. The number of para-hydroxylation sites is 3. The molecule has 1 aliphatic rings. The Bertz CT molecular complexity index is 1120. The van der Waals surface area contributed by atoms with E-state index < -0.39 is 0 Å². The fourth-order valence-corrected chi connectivity index (χ4v) is 4.15. The Balaban J connectivity index is 1.40. The van der Waals surface area contributed by atoms with Crippen molar-refractivity contribution in [1.82, 2.24) is 19.3 Å². The van der Waals surface area contributed by atoms with Crippen molar-refractivity contribution in [1.29, 1.82) is 0 Å². The van der Waals surface area contributed by atoms with E-state index in [-0.39, 0.29) is 0 Å². The lowest BCUT2D eigenvalue weighted by Crippen LogP contribution is -2.47. The highest BCUT2D eigenvalue weighted by molar-refractivity contribution is 5.87. The van der Waals surface area contributed by atoms with Crippen LogP contribution in [-0.2, 0) is 7.05 Å². The molecule has 1 aliphatic heterocycles. The van der Waals surface area contributed by atoms with Crippen LogP contribution < -0.4 is 14.5 Å². The number of piperazine rings is 1. The van der Waals surface area contributed by atoms with E-state index in [1.54, 1.807) is 13.4 Å². The van der Waals surface area contributed by atoms with Crippen LogP contribution in [0.4, 0.5) is 11.5 Å². The Morgan fingerprint density at radius 1 is 0.828 bits per heavy atom. The van der Waals surface area contributed by atoms with Crippen molar-refractivity contribution in [2.75, 3.05) is 43.1 Å². The molecule has 0 atom stereocenters. The maximum absolute atomic E-state index is 5.53. The van der Waals surface area contributed by atoms with Crippen molar-refractivity contribution in [3.05, 3.63) is 60.9 Å². The Morgan fingerprint density at radius 3 is 2.28 bits per heavy atom. The van der Waals surface area contributed by atoms with E-state index in [1.807, 2.05) is 30.3 Å². The van der Waals surface area contributed by atoms with E-state index in [4.69, 9.17) is 4.74 Å². The third kappa shape index (κ3) is 2.90. The molecule has 3 heterocycles. The third-order valence-electron chi connectivity index (χ3n) is 5.61. The molecule has 2 aromatic carbocycles. The summed E-state index contributed by atoms with van der Waals surface area (Å²) in [7, 11) is 3.79. The lowest BCUT2D eigenvalue weighted by molar-refractivity contribution is 0.413. The number of aromatic nitrogens is 4. The molecule has 0 bridgehead atoms. The highest BCUT2D eigenvalue weighted by atomic mass is 16.5. The summed E-state index contributed by atoms with van der Waals surface area (Å²) in [6.45, 7) is 3.65. The maximum Gasteiger partial charge on any atom is 0.183 e. The first-order valence-corrected chi connectivity index (χ1v) is 9.84. The van der Waals surface area contributed by atoms with Crippen LogP contribution in [0.2, 0.25) is 0 Å². The standard InChI is InChI=1S/C22H24N6O/c1-25-20-21(23-16-24-22(20)28(25)17-8-4-3-5-9-17)27-14-12-26(13-15-27)18-10-6-7-11-19(18)29-2/h3-11,16H,12-15H2,1-2H3. The molecule has 1 fully saturated rings. The van der Waals surface area contributed by atoms with Gasteiger partial charge in [-0.1, -0.05) is 30.3 Å². The van der Waals surface area contributed by atoms with Gasteiger partial charge in [0.1, 0.15) is 17.6 Å². The van der Waals surface area contributed by atoms with Crippen LogP contribution in [0.1, 0.15) is 0 Å². The van der Waals surface area contributed by atoms with Gasteiger partial charge in [-0.2, -0.15) is 0 Å². The molecule has 4 aromatic rings. The Kier molecular flexibility index (Phi) is 4.35. The average Bonchev–Trinajstić information content (AvgIpc) is 2.79. The van der Waals surface area contributed by atoms with Crippen LogP contribution in [0.5, 0.6) is 5.75 Å². The minimum Gasteiger partial charge on any atom is -0.495 e. The lowest BCUT2D eigenvalue weighted by Gasteiger charge is -2.38. The first-order chi connectivity index (χ1) is 14.3. The molecule has 29 heavy (non-hydrogen) atoms. The summed E-state index contributed by atoms with van der Waals surface area (Å²) in [5, 5.41) is 0. The average molecular weight is 388 g/mol. The van der Waals surface area contributed by atoms with Gasteiger partial charge in [-0.05, 0) is 24.3 Å². The van der Waals surface area contributed by atoms with E-state index in [1.165, 1.54) is 0 Å². The topological polar surface area (TPSA) is 51.4 Å². The normalized spacial score (nSPS) is 14.6. The predicted octanol–water partition coefficient (Wildman–Crippen LogP) is 3.09. The van der Waals surface area contributed by atoms with Gasteiger partial charge in [0.15, 0.2) is 11.5 Å². The van der Waals surface area contributed by atoms with Crippen molar-refractivity contribution in [2.45, 2.75) is 0 Å². The fraction of sp³-hybridized carbons (Fsp3) is 0.273. The predicted molar refractivity (Wildman–Crippen MR) is 115 cm³/mol. The van der Waals surface area contributed by atoms with E-state index in [0.717, 1.165) is 60.3 Å². The van der Waals surface area contributed by atoms with E-state index in [2.05, 4.69) is 60.4 Å². The van der Waals surface area contributed by atoms with Crippen LogP contribution in [0.3, 0.4) is 0 Å². The molecule has 0 saturated carbocycles. The largest absolute Gasteiger partial charge is 0.495 e. The molecule has 0 radical (unpaired) electrons. The first kappa shape index (κ1) is 17.6. The quantitative estimate of drug-likeness (QED) is 0.538. The van der Waals surface area contributed by atoms with Crippen LogP contribution in [-0.4, -0.2) is 52.6 Å². The molecule has 7 nitrogen and oxygen atoms in total. The van der Waals surface area contributed by atoms with Gasteiger partial charge in [-0.25, -0.2) is 14.6 Å². The fourth-order valence-electron chi connectivity index (χ4n) is 4.15. The van der Waals surface area contributed by atoms with Gasteiger partial charge < -0.3 is 14.5 Å². The molecule has 7 heteroatoms. The smallest absolute Gasteiger partial charge is 0.183 e. The van der Waals surface area contributed by atoms with E-state index in [9.17, 15) is 0 Å². The van der Waals surface area contributed by atoms with Crippen molar-refractivity contribution in [2.24, 2.45) is 7.05 Å². The summed E-state index contributed by atoms with van der Waals surface area (Å²) in [6, 6.07) is 18.5. The second-order valence-electron chi connectivity index (χ2n) is 7.19. The summed E-state index contributed by atoms with van der Waals surface area (Å²) >= 11 is 0. The second-order valence-corrected chi connectivity index (χ2v) is 7.19. The second kappa shape index (κ2) is 7.16. The molecular weight excluding hydrogens is 364 g/mol. The minimum absolute atomic E-state index is 0.903. The molecule has 0 amide bonds. The van der Waals surface area contributed by atoms with Gasteiger partial charge in [0.25, 0.3) is 0 Å². The van der Waals surface area contributed by atoms with E-state index in [0.29, 0.717) is 0 Å². The Morgan fingerprint density at radius 2 is 1.52 bits per heavy atom. The number of hydrogen-bond donors (Lipinski definition) is 0. The zero-order valence-corrected chi connectivity index (χ0v) is 16.7. The molecule has 0 aliphatic carbocycles. The van der Waals surface area contributed by atoms with Crippen LogP contribution >= 0.6 is 0 Å². The molecule has 0 unspecified atom stereocenters. The molecule has 1 saturated heterocycles. The van der Waals surface area contributed by atoms with Crippen LogP contribution in [0, 0.1) is 0 Å². The number of hydrogen-bond acceptors (Lipinski definition) is 5. The molecule has 148 valence electrons. The number of fused-ring (bicyclic) bond motifs is 1. The molecule has 0 N–H and O–H groups in total. The highest BCUT2D eigenvalue weighted by Gasteiger charge is 2.25. The van der Waals surface area contributed by atoms with Gasteiger partial charge >= 0.3 is 0 Å². The number of ether oxygens (including phenoxy) is 1. The minimum atomic E-state index is 0.903. The lowest BCUT2D eigenvalue weighted by atomic mass is 10.2. The van der Waals surface area contributed by atoms with Gasteiger partial charge in [-0.15, -0.1) is 0 Å². The molecule has 0 spiro atoms. The van der Waals surface area contributed by atoms with Crippen molar-refractivity contribution >= 4 is 22.7 Å². The number of benzene rings is 2. The van der Waals surface area contributed by atoms with Gasteiger partial charge in [0, 0.05) is 33.2 Å². The zero-order valence-electron chi connectivity index (χ0n) is 16.7. The number of nitrogens with zero attached hydrogens (tertiary/aromatic N) is 6. The molecule has 2 aromatic heterocycles. The monoisotopic (exact) mass is 388 g/mol. The molecule has 5 rings (SSSR count).